The zero-order chi connectivity index (χ0) is 9.26. The maximum absolute atomic E-state index is 5.89. The summed E-state index contributed by atoms with van der Waals surface area (Å²) in [7, 11) is 0. The lowest BCUT2D eigenvalue weighted by atomic mass is 10.2. The van der Waals surface area contributed by atoms with E-state index in [0.717, 1.165) is 16.6 Å². The average Bonchev–Trinajstić information content (AvgIpc) is 2.46. The largest absolute Gasteiger partial charge is 0.385 e. The number of nitrogens with two attached hydrogens (primary N) is 1. The number of nitrogens with zero attached hydrogens (tertiary/aromatic N) is 1. The minimum atomic E-state index is 0.528. The molecule has 0 unspecified atom stereocenters. The van der Waals surface area contributed by atoms with Gasteiger partial charge in [0.1, 0.15) is 5.82 Å². The van der Waals surface area contributed by atoms with Gasteiger partial charge in [0.2, 0.25) is 0 Å². The van der Waals surface area contributed by atoms with Gasteiger partial charge in [0.25, 0.3) is 0 Å². The van der Waals surface area contributed by atoms with E-state index in [1.165, 1.54) is 0 Å². The summed E-state index contributed by atoms with van der Waals surface area (Å²) in [5, 5.41) is 2.20. The molecule has 2 aromatic rings. The maximum Gasteiger partial charge on any atom is 0.112 e. The van der Waals surface area contributed by atoms with Crippen LogP contribution < -0.4 is 5.73 Å². The topological polar surface area (TPSA) is 30.9 Å². The summed E-state index contributed by atoms with van der Waals surface area (Å²) < 4.78 is 1.88. The number of hydrogen-bond donors (Lipinski definition) is 1. The van der Waals surface area contributed by atoms with Crippen molar-refractivity contribution in [1.82, 2.24) is 4.57 Å². The van der Waals surface area contributed by atoms with Crippen molar-refractivity contribution in [2.24, 2.45) is 0 Å². The van der Waals surface area contributed by atoms with Crippen LogP contribution in [-0.4, -0.2) is 4.57 Å². The number of aromatic nitrogens is 1. The molecule has 2 heteroatoms. The Morgan fingerprint density at radius 3 is 2.85 bits per heavy atom. The summed E-state index contributed by atoms with van der Waals surface area (Å²) in [6.45, 7) is 0.528. The SMILES string of the molecule is C#CCn1cc2ccccc2c1N. The van der Waals surface area contributed by atoms with E-state index in [4.69, 9.17) is 12.2 Å². The van der Waals surface area contributed by atoms with E-state index >= 15 is 0 Å². The molecule has 0 atom stereocenters. The summed E-state index contributed by atoms with van der Waals surface area (Å²) in [6, 6.07) is 7.98. The van der Waals surface area contributed by atoms with Gasteiger partial charge in [0.15, 0.2) is 0 Å². The molecule has 2 nitrogen and oxygen atoms in total. The molecule has 13 heavy (non-hydrogen) atoms. The number of benzene rings is 1. The number of rotatable bonds is 1. The first kappa shape index (κ1) is 7.75. The van der Waals surface area contributed by atoms with Gasteiger partial charge in [0, 0.05) is 17.0 Å². The van der Waals surface area contributed by atoms with E-state index in [1.807, 2.05) is 35.0 Å². The Balaban J connectivity index is 2.68. The molecule has 2 N–H and O–H groups in total. The third-order valence-corrected chi connectivity index (χ3v) is 2.10. The first-order chi connectivity index (χ1) is 6.33. The van der Waals surface area contributed by atoms with Crippen molar-refractivity contribution in [3.63, 3.8) is 0 Å². The quantitative estimate of drug-likeness (QED) is 0.650. The van der Waals surface area contributed by atoms with E-state index in [-0.39, 0.29) is 0 Å². The van der Waals surface area contributed by atoms with Crippen LogP contribution in [0.1, 0.15) is 0 Å². The number of hydrogen-bond acceptors (Lipinski definition) is 1. The van der Waals surface area contributed by atoms with Gasteiger partial charge < -0.3 is 10.3 Å². The Hall–Kier alpha value is -1.88. The van der Waals surface area contributed by atoms with Gasteiger partial charge >= 0.3 is 0 Å². The number of anilines is 1. The van der Waals surface area contributed by atoms with Crippen molar-refractivity contribution >= 4 is 16.6 Å². The van der Waals surface area contributed by atoms with Gasteiger partial charge in [0.05, 0.1) is 6.54 Å². The molecular weight excluding hydrogens is 160 g/mol. The highest BCUT2D eigenvalue weighted by atomic mass is 15.0. The summed E-state index contributed by atoms with van der Waals surface area (Å²) in [5.41, 5.74) is 5.89. The predicted molar refractivity (Wildman–Crippen MR) is 55.2 cm³/mol. The second-order valence-electron chi connectivity index (χ2n) is 2.93. The smallest absolute Gasteiger partial charge is 0.112 e. The Labute approximate surface area is 77.0 Å². The van der Waals surface area contributed by atoms with Gasteiger partial charge in [-0.1, -0.05) is 30.2 Å². The Morgan fingerprint density at radius 2 is 2.15 bits per heavy atom. The molecule has 1 aromatic carbocycles. The van der Waals surface area contributed by atoms with Crippen LogP contribution in [-0.2, 0) is 6.54 Å². The van der Waals surface area contributed by atoms with E-state index in [0.29, 0.717) is 6.54 Å². The molecule has 2 rings (SSSR count). The lowest BCUT2D eigenvalue weighted by Gasteiger charge is -1.98. The minimum Gasteiger partial charge on any atom is -0.385 e. The second kappa shape index (κ2) is 2.87. The maximum atomic E-state index is 5.89. The van der Waals surface area contributed by atoms with Gasteiger partial charge in [-0.2, -0.15) is 0 Å². The van der Waals surface area contributed by atoms with E-state index < -0.39 is 0 Å². The van der Waals surface area contributed by atoms with Crippen LogP contribution in [0.4, 0.5) is 5.82 Å². The highest BCUT2D eigenvalue weighted by molar-refractivity contribution is 5.92. The molecule has 1 aromatic heterocycles. The van der Waals surface area contributed by atoms with E-state index in [1.54, 1.807) is 0 Å². The molecule has 0 aliphatic heterocycles. The molecule has 0 bridgehead atoms. The number of fused-ring (bicyclic) bond motifs is 1. The van der Waals surface area contributed by atoms with Crippen molar-refractivity contribution in [3.8, 4) is 12.3 Å². The Kier molecular flexibility index (Phi) is 1.71. The second-order valence-corrected chi connectivity index (χ2v) is 2.93. The van der Waals surface area contributed by atoms with Crippen LogP contribution >= 0.6 is 0 Å². The molecule has 0 amide bonds. The van der Waals surface area contributed by atoms with Crippen LogP contribution in [0.3, 0.4) is 0 Å². The average molecular weight is 170 g/mol. The predicted octanol–water partition coefficient (Wildman–Crippen LogP) is 1.86. The Bertz CT molecular complexity index is 474. The first-order valence-electron chi connectivity index (χ1n) is 4.09. The van der Waals surface area contributed by atoms with Crippen LogP contribution in [0.2, 0.25) is 0 Å². The van der Waals surface area contributed by atoms with Crippen molar-refractivity contribution in [2.75, 3.05) is 5.73 Å². The standard InChI is InChI=1S/C11H10N2/c1-2-7-13-8-9-5-3-4-6-10(9)11(13)12/h1,3-6,8H,7,12H2. The van der Waals surface area contributed by atoms with Crippen LogP contribution in [0, 0.1) is 12.3 Å². The van der Waals surface area contributed by atoms with E-state index in [2.05, 4.69) is 5.92 Å². The molecule has 64 valence electrons. The number of nitrogen functional groups attached to an aromatic ring is 1. The van der Waals surface area contributed by atoms with Crippen LogP contribution in [0.15, 0.2) is 30.5 Å². The highest BCUT2D eigenvalue weighted by Crippen LogP contribution is 2.22. The summed E-state index contributed by atoms with van der Waals surface area (Å²) in [4.78, 5) is 0. The fourth-order valence-corrected chi connectivity index (χ4v) is 1.46. The zero-order valence-electron chi connectivity index (χ0n) is 7.20. The van der Waals surface area contributed by atoms with Crippen molar-refractivity contribution < 1.29 is 0 Å². The third-order valence-electron chi connectivity index (χ3n) is 2.10. The van der Waals surface area contributed by atoms with Crippen molar-refractivity contribution in [3.05, 3.63) is 30.5 Å². The summed E-state index contributed by atoms with van der Waals surface area (Å²) in [6.07, 6.45) is 7.20. The molecule has 0 fully saturated rings. The molecule has 0 spiro atoms. The molecule has 0 aliphatic rings. The van der Waals surface area contributed by atoms with E-state index in [9.17, 15) is 0 Å². The van der Waals surface area contributed by atoms with Gasteiger partial charge in [-0.05, 0) is 0 Å². The van der Waals surface area contributed by atoms with Gasteiger partial charge in [-0.25, -0.2) is 0 Å². The Morgan fingerprint density at radius 1 is 1.38 bits per heavy atom. The summed E-state index contributed by atoms with van der Waals surface area (Å²) in [5.74, 6) is 3.31. The fraction of sp³-hybridized carbons (Fsp3) is 0.0909. The van der Waals surface area contributed by atoms with Gasteiger partial charge in [-0.15, -0.1) is 6.42 Å². The fourth-order valence-electron chi connectivity index (χ4n) is 1.46. The highest BCUT2D eigenvalue weighted by Gasteiger charge is 2.02. The number of terminal acetylenes is 1. The molecular formula is C11H10N2. The lowest BCUT2D eigenvalue weighted by molar-refractivity contribution is 0.868. The molecule has 1 heterocycles. The third kappa shape index (κ3) is 1.15. The zero-order valence-corrected chi connectivity index (χ0v) is 7.20. The normalized spacial score (nSPS) is 10.1. The molecule has 0 radical (unpaired) electrons. The summed E-state index contributed by atoms with van der Waals surface area (Å²) >= 11 is 0. The van der Waals surface area contributed by atoms with Gasteiger partial charge in [-0.3, -0.25) is 0 Å². The molecule has 0 saturated carbocycles. The van der Waals surface area contributed by atoms with Crippen LogP contribution in [0.5, 0.6) is 0 Å². The van der Waals surface area contributed by atoms with Crippen LogP contribution in [0.25, 0.3) is 10.8 Å². The lowest BCUT2D eigenvalue weighted by Crippen LogP contribution is -1.99. The minimum absolute atomic E-state index is 0.528. The van der Waals surface area contributed by atoms with Crippen molar-refractivity contribution in [2.45, 2.75) is 6.54 Å². The van der Waals surface area contributed by atoms with Crippen molar-refractivity contribution in [1.29, 1.82) is 0 Å². The first-order valence-corrected chi connectivity index (χ1v) is 4.09. The molecule has 0 saturated heterocycles. The molecule has 0 aliphatic carbocycles. The monoisotopic (exact) mass is 170 g/mol.